The molecule has 6 nitrogen and oxygen atoms in total. The molecule has 1 amide bonds. The second-order valence-electron chi connectivity index (χ2n) is 4.45. The van der Waals surface area contributed by atoms with Crippen LogP contribution in [0.3, 0.4) is 0 Å². The molecule has 0 aliphatic carbocycles. The number of carbonyl (C=O) groups is 1. The van der Waals surface area contributed by atoms with Crippen molar-refractivity contribution >= 4 is 23.2 Å². The van der Waals surface area contributed by atoms with Crippen molar-refractivity contribution < 1.29 is 14.3 Å². The lowest BCUT2D eigenvalue weighted by Gasteiger charge is -2.17. The van der Waals surface area contributed by atoms with Crippen LogP contribution in [0.5, 0.6) is 5.75 Å². The van der Waals surface area contributed by atoms with E-state index in [1.807, 2.05) is 6.92 Å². The van der Waals surface area contributed by atoms with E-state index in [-0.39, 0.29) is 12.0 Å². The van der Waals surface area contributed by atoms with Crippen LogP contribution in [0.4, 0.5) is 5.69 Å². The van der Waals surface area contributed by atoms with Gasteiger partial charge in [0, 0.05) is 18.3 Å². The summed E-state index contributed by atoms with van der Waals surface area (Å²) in [5.74, 6) is 0.204. The van der Waals surface area contributed by atoms with E-state index >= 15 is 0 Å². The number of halogens is 1. The van der Waals surface area contributed by atoms with E-state index in [9.17, 15) is 4.79 Å². The number of rotatable bonds is 6. The average molecular weight is 310 g/mol. The van der Waals surface area contributed by atoms with E-state index in [1.54, 1.807) is 31.4 Å². The molecule has 1 atom stereocenters. The summed E-state index contributed by atoms with van der Waals surface area (Å²) in [4.78, 5) is 12.0. The largest absolute Gasteiger partial charge is 0.486 e. The van der Waals surface area contributed by atoms with Crippen LogP contribution >= 0.6 is 11.6 Å². The minimum atomic E-state index is -0.320. The van der Waals surface area contributed by atoms with Gasteiger partial charge in [0.25, 0.3) is 5.91 Å². The van der Waals surface area contributed by atoms with Crippen molar-refractivity contribution in [3.63, 3.8) is 0 Å². The molecule has 0 aliphatic rings. The van der Waals surface area contributed by atoms with Crippen molar-refractivity contribution in [2.45, 2.75) is 13.0 Å². The molecule has 21 heavy (non-hydrogen) atoms. The van der Waals surface area contributed by atoms with E-state index < -0.39 is 0 Å². The SMILES string of the molecule is COC[C@H](C)Oc1ccc(Cl)cc1NC(=O)c1ccn[nH]1. The number of aromatic nitrogens is 2. The van der Waals surface area contributed by atoms with Crippen molar-refractivity contribution in [1.82, 2.24) is 10.2 Å². The smallest absolute Gasteiger partial charge is 0.273 e. The first kappa shape index (κ1) is 15.3. The number of anilines is 1. The Labute approximate surface area is 127 Å². The number of nitrogens with zero attached hydrogens (tertiary/aromatic N) is 1. The molecule has 0 radical (unpaired) electrons. The predicted octanol–water partition coefficient (Wildman–Crippen LogP) is 2.73. The molecule has 0 spiro atoms. The molecule has 2 rings (SSSR count). The Morgan fingerprint density at radius 3 is 2.95 bits per heavy atom. The second-order valence-corrected chi connectivity index (χ2v) is 4.89. The predicted molar refractivity (Wildman–Crippen MR) is 80.0 cm³/mol. The van der Waals surface area contributed by atoms with Gasteiger partial charge in [-0.3, -0.25) is 9.89 Å². The lowest BCUT2D eigenvalue weighted by molar-refractivity contribution is 0.0921. The molecule has 2 aromatic rings. The Balaban J connectivity index is 2.17. The highest BCUT2D eigenvalue weighted by atomic mass is 35.5. The van der Waals surface area contributed by atoms with E-state index in [2.05, 4.69) is 15.5 Å². The normalized spacial score (nSPS) is 12.0. The fourth-order valence-electron chi connectivity index (χ4n) is 1.76. The first-order chi connectivity index (χ1) is 10.1. The van der Waals surface area contributed by atoms with Crippen molar-refractivity contribution in [3.8, 4) is 5.75 Å². The summed E-state index contributed by atoms with van der Waals surface area (Å²) >= 11 is 5.97. The summed E-state index contributed by atoms with van der Waals surface area (Å²) in [6.45, 7) is 2.31. The molecule has 1 aromatic carbocycles. The Hall–Kier alpha value is -2.05. The first-order valence-electron chi connectivity index (χ1n) is 6.36. The van der Waals surface area contributed by atoms with Gasteiger partial charge in [-0.05, 0) is 31.2 Å². The van der Waals surface area contributed by atoms with Gasteiger partial charge in [-0.25, -0.2) is 0 Å². The summed E-state index contributed by atoms with van der Waals surface area (Å²) in [6.07, 6.45) is 1.35. The van der Waals surface area contributed by atoms with Crippen molar-refractivity contribution in [1.29, 1.82) is 0 Å². The van der Waals surface area contributed by atoms with Crippen LogP contribution in [-0.2, 0) is 4.74 Å². The summed E-state index contributed by atoms with van der Waals surface area (Å²) < 4.78 is 10.8. The molecule has 0 unspecified atom stereocenters. The van der Waals surface area contributed by atoms with Crippen molar-refractivity contribution in [2.75, 3.05) is 19.0 Å². The molecule has 7 heteroatoms. The molecule has 2 N–H and O–H groups in total. The van der Waals surface area contributed by atoms with Gasteiger partial charge in [0.05, 0.1) is 12.3 Å². The minimum Gasteiger partial charge on any atom is -0.486 e. The maximum absolute atomic E-state index is 12.0. The zero-order valence-electron chi connectivity index (χ0n) is 11.7. The number of methoxy groups -OCH3 is 1. The van der Waals surface area contributed by atoms with Crippen LogP contribution in [0.2, 0.25) is 5.02 Å². The lowest BCUT2D eigenvalue weighted by atomic mass is 10.2. The van der Waals surface area contributed by atoms with Gasteiger partial charge in [-0.1, -0.05) is 11.6 Å². The van der Waals surface area contributed by atoms with Gasteiger partial charge < -0.3 is 14.8 Å². The number of amides is 1. The molecule has 0 bridgehead atoms. The van der Waals surface area contributed by atoms with Gasteiger partial charge in [0.1, 0.15) is 17.5 Å². The van der Waals surface area contributed by atoms with Crippen LogP contribution in [0.15, 0.2) is 30.5 Å². The minimum absolute atomic E-state index is 0.154. The topological polar surface area (TPSA) is 76.2 Å². The molecule has 0 aliphatic heterocycles. The van der Waals surface area contributed by atoms with E-state index in [1.165, 1.54) is 6.20 Å². The Kier molecular flexibility index (Phi) is 5.19. The number of hydrogen-bond acceptors (Lipinski definition) is 4. The first-order valence-corrected chi connectivity index (χ1v) is 6.74. The number of H-pyrrole nitrogens is 1. The number of carbonyl (C=O) groups excluding carboxylic acids is 1. The standard InChI is InChI=1S/C14H16ClN3O3/c1-9(8-20-2)21-13-4-3-10(15)7-12(13)17-14(19)11-5-6-16-18-11/h3-7,9H,8H2,1-2H3,(H,16,18)(H,17,19)/t9-/m0/s1. The van der Waals surface area contributed by atoms with Crippen LogP contribution in [-0.4, -0.2) is 35.9 Å². The zero-order chi connectivity index (χ0) is 15.2. The van der Waals surface area contributed by atoms with Crippen molar-refractivity contribution in [2.24, 2.45) is 0 Å². The van der Waals surface area contributed by atoms with Gasteiger partial charge in [0.15, 0.2) is 0 Å². The highest BCUT2D eigenvalue weighted by Crippen LogP contribution is 2.29. The fraction of sp³-hybridized carbons (Fsp3) is 0.286. The van der Waals surface area contributed by atoms with Gasteiger partial charge in [-0.15, -0.1) is 0 Å². The van der Waals surface area contributed by atoms with Crippen LogP contribution in [0, 0.1) is 0 Å². The number of benzene rings is 1. The van der Waals surface area contributed by atoms with Gasteiger partial charge in [0.2, 0.25) is 0 Å². The van der Waals surface area contributed by atoms with Crippen LogP contribution in [0.25, 0.3) is 0 Å². The monoisotopic (exact) mass is 309 g/mol. The third kappa shape index (κ3) is 4.21. The number of ether oxygens (including phenoxy) is 2. The summed E-state index contributed by atoms with van der Waals surface area (Å²) in [5, 5.41) is 9.58. The summed E-state index contributed by atoms with van der Waals surface area (Å²) in [6, 6.07) is 6.61. The summed E-state index contributed by atoms with van der Waals surface area (Å²) in [5.41, 5.74) is 0.843. The van der Waals surface area contributed by atoms with Crippen LogP contribution in [0.1, 0.15) is 17.4 Å². The van der Waals surface area contributed by atoms with Crippen LogP contribution < -0.4 is 10.1 Å². The molecule has 0 saturated heterocycles. The molecule has 1 aromatic heterocycles. The maximum atomic E-state index is 12.0. The van der Waals surface area contributed by atoms with E-state index in [0.717, 1.165) is 0 Å². The molecule has 112 valence electrons. The lowest BCUT2D eigenvalue weighted by Crippen LogP contribution is -2.20. The Morgan fingerprint density at radius 2 is 2.29 bits per heavy atom. The second kappa shape index (κ2) is 7.10. The maximum Gasteiger partial charge on any atom is 0.273 e. The molecular weight excluding hydrogens is 294 g/mol. The highest BCUT2D eigenvalue weighted by Gasteiger charge is 2.13. The Bertz CT molecular complexity index is 602. The number of hydrogen-bond donors (Lipinski definition) is 2. The quantitative estimate of drug-likeness (QED) is 0.860. The van der Waals surface area contributed by atoms with Crippen molar-refractivity contribution in [3.05, 3.63) is 41.2 Å². The molecule has 1 heterocycles. The Morgan fingerprint density at radius 1 is 1.48 bits per heavy atom. The molecule has 0 fully saturated rings. The van der Waals surface area contributed by atoms with Gasteiger partial charge in [-0.2, -0.15) is 5.10 Å². The average Bonchev–Trinajstić information content (AvgIpc) is 2.96. The zero-order valence-corrected chi connectivity index (χ0v) is 12.5. The van der Waals surface area contributed by atoms with Gasteiger partial charge >= 0.3 is 0 Å². The van der Waals surface area contributed by atoms with E-state index in [4.69, 9.17) is 21.1 Å². The van der Waals surface area contributed by atoms with E-state index in [0.29, 0.717) is 28.8 Å². The summed E-state index contributed by atoms with van der Waals surface area (Å²) in [7, 11) is 1.60. The number of aromatic amines is 1. The number of nitrogens with one attached hydrogen (secondary N) is 2. The third-order valence-corrected chi connectivity index (χ3v) is 2.90. The highest BCUT2D eigenvalue weighted by molar-refractivity contribution is 6.31. The molecular formula is C14H16ClN3O3. The fourth-order valence-corrected chi connectivity index (χ4v) is 1.93. The molecule has 0 saturated carbocycles. The third-order valence-electron chi connectivity index (χ3n) is 2.66.